The van der Waals surface area contributed by atoms with Gasteiger partial charge in [0, 0.05) is 25.3 Å². The van der Waals surface area contributed by atoms with Crippen molar-refractivity contribution in [2.24, 2.45) is 0 Å². The van der Waals surface area contributed by atoms with E-state index in [0.29, 0.717) is 18.2 Å². The van der Waals surface area contributed by atoms with Gasteiger partial charge in [-0.15, -0.1) is 12.4 Å². The third-order valence-electron chi connectivity index (χ3n) is 3.14. The van der Waals surface area contributed by atoms with E-state index in [1.165, 1.54) is 12.8 Å². The Hall–Kier alpha value is -1.07. The van der Waals surface area contributed by atoms with E-state index in [9.17, 15) is 4.79 Å². The Labute approximate surface area is 114 Å². The van der Waals surface area contributed by atoms with Gasteiger partial charge in [-0.2, -0.15) is 5.10 Å². The second-order valence-corrected chi connectivity index (χ2v) is 4.44. The summed E-state index contributed by atoms with van der Waals surface area (Å²) in [6, 6.07) is 0.425. The van der Waals surface area contributed by atoms with Crippen molar-refractivity contribution in [3.8, 4) is 0 Å². The maximum absolute atomic E-state index is 11.8. The largest absolute Gasteiger partial charge is 0.350 e. The Morgan fingerprint density at radius 1 is 1.61 bits per heavy atom. The second kappa shape index (κ2) is 7.38. The average Bonchev–Trinajstić information content (AvgIpc) is 2.86. The number of aryl methyl sites for hydroxylation is 1. The molecule has 2 N–H and O–H groups in total. The Balaban J connectivity index is 0.00000162. The number of hydrogen-bond acceptors (Lipinski definition) is 3. The highest BCUT2D eigenvalue weighted by molar-refractivity contribution is 5.93. The highest BCUT2D eigenvalue weighted by atomic mass is 35.5. The standard InChI is InChI=1S/C12H20N4O.ClH/c1-2-16-9-10(7-15-16)12(17)14-8-11-5-3-4-6-13-11;/h7,9,11,13H,2-6,8H2,1H3,(H,14,17);1H. The van der Waals surface area contributed by atoms with Gasteiger partial charge >= 0.3 is 0 Å². The summed E-state index contributed by atoms with van der Waals surface area (Å²) in [5.41, 5.74) is 0.641. The van der Waals surface area contributed by atoms with Crippen LogP contribution in [0.1, 0.15) is 36.5 Å². The van der Waals surface area contributed by atoms with Gasteiger partial charge in [-0.05, 0) is 26.3 Å². The lowest BCUT2D eigenvalue weighted by molar-refractivity contribution is 0.0947. The number of rotatable bonds is 4. The van der Waals surface area contributed by atoms with Crippen molar-refractivity contribution in [2.45, 2.75) is 38.8 Å². The molecule has 1 aromatic heterocycles. The van der Waals surface area contributed by atoms with Crippen molar-refractivity contribution in [1.82, 2.24) is 20.4 Å². The summed E-state index contributed by atoms with van der Waals surface area (Å²) >= 11 is 0. The van der Waals surface area contributed by atoms with Crippen molar-refractivity contribution < 1.29 is 4.79 Å². The minimum Gasteiger partial charge on any atom is -0.350 e. The molecule has 0 spiro atoms. The Morgan fingerprint density at radius 2 is 2.44 bits per heavy atom. The van der Waals surface area contributed by atoms with Crippen molar-refractivity contribution in [1.29, 1.82) is 0 Å². The Kier molecular flexibility index (Phi) is 6.15. The van der Waals surface area contributed by atoms with Gasteiger partial charge in [0.1, 0.15) is 0 Å². The lowest BCUT2D eigenvalue weighted by Gasteiger charge is -2.23. The van der Waals surface area contributed by atoms with E-state index >= 15 is 0 Å². The zero-order chi connectivity index (χ0) is 12.1. The molecular formula is C12H21ClN4O. The predicted octanol–water partition coefficient (Wildman–Crippen LogP) is 1.20. The first-order valence-corrected chi connectivity index (χ1v) is 6.33. The second-order valence-electron chi connectivity index (χ2n) is 4.44. The van der Waals surface area contributed by atoms with Crippen LogP contribution in [0.4, 0.5) is 0 Å². The van der Waals surface area contributed by atoms with Crippen molar-refractivity contribution in [2.75, 3.05) is 13.1 Å². The molecule has 1 unspecified atom stereocenters. The smallest absolute Gasteiger partial charge is 0.254 e. The van der Waals surface area contributed by atoms with Crippen LogP contribution < -0.4 is 10.6 Å². The molecule has 1 aliphatic heterocycles. The van der Waals surface area contributed by atoms with Crippen molar-refractivity contribution in [3.63, 3.8) is 0 Å². The molecule has 0 saturated carbocycles. The molecule has 1 fully saturated rings. The van der Waals surface area contributed by atoms with Crippen molar-refractivity contribution in [3.05, 3.63) is 18.0 Å². The molecule has 2 heterocycles. The van der Waals surface area contributed by atoms with Crippen LogP contribution in [0.3, 0.4) is 0 Å². The maximum atomic E-state index is 11.8. The fraction of sp³-hybridized carbons (Fsp3) is 0.667. The van der Waals surface area contributed by atoms with Gasteiger partial charge in [0.05, 0.1) is 11.8 Å². The minimum atomic E-state index is -0.0305. The summed E-state index contributed by atoms with van der Waals surface area (Å²) in [7, 11) is 0. The third kappa shape index (κ3) is 3.99. The van der Waals surface area contributed by atoms with Crippen LogP contribution in [-0.4, -0.2) is 34.8 Å². The summed E-state index contributed by atoms with van der Waals surface area (Å²) in [4.78, 5) is 11.8. The van der Waals surface area contributed by atoms with E-state index in [0.717, 1.165) is 19.5 Å². The summed E-state index contributed by atoms with van der Waals surface area (Å²) < 4.78 is 1.76. The van der Waals surface area contributed by atoms with Crippen LogP contribution in [0.2, 0.25) is 0 Å². The summed E-state index contributed by atoms with van der Waals surface area (Å²) in [5.74, 6) is -0.0305. The number of carbonyl (C=O) groups is 1. The summed E-state index contributed by atoms with van der Waals surface area (Å²) in [6.45, 7) is 4.56. The van der Waals surface area contributed by atoms with Crippen LogP contribution in [0.15, 0.2) is 12.4 Å². The van der Waals surface area contributed by atoms with E-state index in [-0.39, 0.29) is 18.3 Å². The molecular weight excluding hydrogens is 252 g/mol. The van der Waals surface area contributed by atoms with Gasteiger partial charge in [-0.1, -0.05) is 6.42 Å². The molecule has 1 aliphatic rings. The topological polar surface area (TPSA) is 59.0 Å². The molecule has 18 heavy (non-hydrogen) atoms. The lowest BCUT2D eigenvalue weighted by atomic mass is 10.1. The normalized spacial score (nSPS) is 19.1. The number of halogens is 1. The number of piperidine rings is 1. The minimum absolute atomic E-state index is 0. The first-order chi connectivity index (χ1) is 8.29. The SMILES string of the molecule is CCn1cc(C(=O)NCC2CCCCN2)cn1.Cl. The summed E-state index contributed by atoms with van der Waals surface area (Å²) in [6.07, 6.45) is 7.04. The average molecular weight is 273 g/mol. The van der Waals surface area contributed by atoms with E-state index in [2.05, 4.69) is 15.7 Å². The molecule has 2 rings (SSSR count). The lowest BCUT2D eigenvalue weighted by Crippen LogP contribution is -2.43. The highest BCUT2D eigenvalue weighted by Gasteiger charge is 2.14. The van der Waals surface area contributed by atoms with Gasteiger partial charge in [-0.3, -0.25) is 9.48 Å². The maximum Gasteiger partial charge on any atom is 0.254 e. The molecule has 1 aromatic rings. The first kappa shape index (κ1) is 15.0. The van der Waals surface area contributed by atoms with Gasteiger partial charge in [0.25, 0.3) is 5.91 Å². The molecule has 1 amide bonds. The third-order valence-corrected chi connectivity index (χ3v) is 3.14. The number of hydrogen-bond donors (Lipinski definition) is 2. The van der Waals surface area contributed by atoms with E-state index < -0.39 is 0 Å². The Morgan fingerprint density at radius 3 is 3.06 bits per heavy atom. The number of nitrogens with one attached hydrogen (secondary N) is 2. The first-order valence-electron chi connectivity index (χ1n) is 6.33. The quantitative estimate of drug-likeness (QED) is 0.866. The fourth-order valence-corrected chi connectivity index (χ4v) is 2.07. The number of aromatic nitrogens is 2. The van der Waals surface area contributed by atoms with Crippen LogP contribution in [-0.2, 0) is 6.54 Å². The summed E-state index contributed by atoms with van der Waals surface area (Å²) in [5, 5.41) is 10.4. The monoisotopic (exact) mass is 272 g/mol. The molecule has 0 radical (unpaired) electrons. The predicted molar refractivity (Wildman–Crippen MR) is 73.1 cm³/mol. The fourth-order valence-electron chi connectivity index (χ4n) is 2.07. The van der Waals surface area contributed by atoms with Crippen LogP contribution in [0.25, 0.3) is 0 Å². The van der Waals surface area contributed by atoms with E-state index in [4.69, 9.17) is 0 Å². The molecule has 102 valence electrons. The van der Waals surface area contributed by atoms with E-state index in [1.807, 2.05) is 6.92 Å². The van der Waals surface area contributed by atoms with E-state index in [1.54, 1.807) is 17.1 Å². The molecule has 5 nitrogen and oxygen atoms in total. The molecule has 0 bridgehead atoms. The van der Waals surface area contributed by atoms with Crippen LogP contribution in [0.5, 0.6) is 0 Å². The van der Waals surface area contributed by atoms with Gasteiger partial charge in [0.15, 0.2) is 0 Å². The molecule has 0 aromatic carbocycles. The molecule has 1 saturated heterocycles. The number of carbonyl (C=O) groups excluding carboxylic acids is 1. The zero-order valence-corrected chi connectivity index (χ0v) is 11.5. The number of amides is 1. The molecule has 1 atom stereocenters. The van der Waals surface area contributed by atoms with Crippen LogP contribution >= 0.6 is 12.4 Å². The Bertz CT molecular complexity index is 374. The van der Waals surface area contributed by atoms with Gasteiger partial charge in [-0.25, -0.2) is 0 Å². The van der Waals surface area contributed by atoms with Crippen molar-refractivity contribution >= 4 is 18.3 Å². The highest BCUT2D eigenvalue weighted by Crippen LogP contribution is 2.06. The zero-order valence-electron chi connectivity index (χ0n) is 10.7. The van der Waals surface area contributed by atoms with Crippen LogP contribution in [0, 0.1) is 0 Å². The molecule has 6 heteroatoms. The number of nitrogens with zero attached hydrogens (tertiary/aromatic N) is 2. The molecule has 0 aliphatic carbocycles. The van der Waals surface area contributed by atoms with Gasteiger partial charge < -0.3 is 10.6 Å². The van der Waals surface area contributed by atoms with Gasteiger partial charge in [0.2, 0.25) is 0 Å².